The summed E-state index contributed by atoms with van der Waals surface area (Å²) in [7, 11) is 0. The number of esters is 1. The van der Waals surface area contributed by atoms with Crippen molar-refractivity contribution in [2.75, 3.05) is 6.61 Å². The molecular weight excluding hydrogens is 507 g/mol. The van der Waals surface area contributed by atoms with Crippen LogP contribution >= 0.6 is 34.8 Å². The molecule has 35 heavy (non-hydrogen) atoms. The summed E-state index contributed by atoms with van der Waals surface area (Å²) in [4.78, 5) is 24.5. The molecule has 0 saturated heterocycles. The number of benzene rings is 1. The Kier molecular flexibility index (Phi) is 16.6. The van der Waals surface area contributed by atoms with Crippen molar-refractivity contribution < 1.29 is 19.4 Å². The van der Waals surface area contributed by atoms with Crippen LogP contribution < -0.4 is 0 Å². The Balaban J connectivity index is 2.31. The summed E-state index contributed by atoms with van der Waals surface area (Å²) >= 11 is 16.7. The summed E-state index contributed by atoms with van der Waals surface area (Å²) in [5, 5.41) is 11.2. The number of unbranched alkanes of at least 4 members (excludes halogenated alkanes) is 8. The van der Waals surface area contributed by atoms with Crippen LogP contribution in [0.25, 0.3) is 0 Å². The molecule has 1 aromatic rings. The lowest BCUT2D eigenvalue weighted by Gasteiger charge is -2.26. The first-order valence-corrected chi connectivity index (χ1v) is 14.0. The van der Waals surface area contributed by atoms with E-state index in [-0.39, 0.29) is 24.8 Å². The molecule has 0 aliphatic heterocycles. The maximum absolute atomic E-state index is 13.0. The fourth-order valence-corrected chi connectivity index (χ4v) is 4.00. The van der Waals surface area contributed by atoms with E-state index in [0.29, 0.717) is 19.3 Å². The number of allylic oxidation sites excluding steroid dienone is 1. The van der Waals surface area contributed by atoms with Gasteiger partial charge in [-0.25, -0.2) is 0 Å². The van der Waals surface area contributed by atoms with Crippen LogP contribution in [0.3, 0.4) is 0 Å². The fourth-order valence-electron chi connectivity index (χ4n) is 3.84. The second-order valence-electron chi connectivity index (χ2n) is 9.19. The van der Waals surface area contributed by atoms with E-state index in [1.807, 2.05) is 36.4 Å². The number of carbonyl (C=O) groups is 2. The molecule has 0 aromatic heterocycles. The normalized spacial score (nSPS) is 13.6. The van der Waals surface area contributed by atoms with Crippen LogP contribution in [0, 0.1) is 0 Å². The van der Waals surface area contributed by atoms with Gasteiger partial charge in [-0.1, -0.05) is 129 Å². The summed E-state index contributed by atoms with van der Waals surface area (Å²) in [6.07, 6.45) is 15.3. The van der Waals surface area contributed by atoms with Crippen LogP contribution in [-0.4, -0.2) is 32.9 Å². The van der Waals surface area contributed by atoms with Crippen molar-refractivity contribution in [3.8, 4) is 0 Å². The zero-order valence-corrected chi connectivity index (χ0v) is 23.2. The van der Waals surface area contributed by atoms with Gasteiger partial charge < -0.3 is 9.84 Å². The van der Waals surface area contributed by atoms with Crippen molar-refractivity contribution in [2.45, 2.75) is 106 Å². The highest BCUT2D eigenvalue weighted by Gasteiger charge is 2.33. The third kappa shape index (κ3) is 16.3. The standard InChI is InChI=1S/C28H41Cl3O4/c1-2-3-4-15-20-27(34,25(32)22-24-17-12-11-13-18-24)21-16-10-8-6-5-7-9-14-19-26(33)35-23-28(29,30)31/h10-13,16-18,34H,2-9,14-15,19-23H2,1H3/b16-10-/t27-/m1/s1. The molecule has 4 nitrogen and oxygen atoms in total. The number of rotatable bonds is 19. The number of ether oxygens (including phenoxy) is 1. The lowest BCUT2D eigenvalue weighted by molar-refractivity contribution is -0.143. The van der Waals surface area contributed by atoms with Gasteiger partial charge in [-0.2, -0.15) is 0 Å². The van der Waals surface area contributed by atoms with E-state index in [9.17, 15) is 14.7 Å². The van der Waals surface area contributed by atoms with Crippen molar-refractivity contribution in [1.82, 2.24) is 0 Å². The van der Waals surface area contributed by atoms with Crippen LogP contribution in [0.4, 0.5) is 0 Å². The van der Waals surface area contributed by atoms with Gasteiger partial charge in [0.25, 0.3) is 0 Å². The summed E-state index contributed by atoms with van der Waals surface area (Å²) in [6.45, 7) is 1.92. The third-order valence-electron chi connectivity index (χ3n) is 5.94. The molecule has 7 heteroatoms. The largest absolute Gasteiger partial charge is 0.461 e. The van der Waals surface area contributed by atoms with E-state index in [0.717, 1.165) is 69.8 Å². The molecule has 1 rings (SSSR count). The van der Waals surface area contributed by atoms with Gasteiger partial charge in [0, 0.05) is 19.3 Å². The van der Waals surface area contributed by atoms with Crippen molar-refractivity contribution in [1.29, 1.82) is 0 Å². The SMILES string of the molecule is CCCCCC[C@@](O)(C/C=C\CCCCCCCC(=O)OCC(Cl)(Cl)Cl)C(=O)Cc1ccccc1. The van der Waals surface area contributed by atoms with E-state index >= 15 is 0 Å². The molecule has 0 fully saturated rings. The van der Waals surface area contributed by atoms with Gasteiger partial charge in [0.05, 0.1) is 0 Å². The highest BCUT2D eigenvalue weighted by Crippen LogP contribution is 2.26. The zero-order chi connectivity index (χ0) is 26.0. The predicted molar refractivity (Wildman–Crippen MR) is 146 cm³/mol. The molecule has 0 saturated carbocycles. The smallest absolute Gasteiger partial charge is 0.305 e. The Morgan fingerprint density at radius 3 is 2.26 bits per heavy atom. The Morgan fingerprint density at radius 2 is 1.57 bits per heavy atom. The van der Waals surface area contributed by atoms with Crippen LogP contribution in [0.5, 0.6) is 0 Å². The molecular formula is C28H41Cl3O4. The Morgan fingerprint density at radius 1 is 0.914 bits per heavy atom. The molecule has 0 unspecified atom stereocenters. The van der Waals surface area contributed by atoms with Gasteiger partial charge in [0.1, 0.15) is 12.2 Å². The van der Waals surface area contributed by atoms with E-state index < -0.39 is 9.39 Å². The minimum absolute atomic E-state index is 0.0998. The van der Waals surface area contributed by atoms with Crippen LogP contribution in [0.1, 0.15) is 96.0 Å². The Bertz CT molecular complexity index is 746. The first-order valence-electron chi connectivity index (χ1n) is 12.8. The highest BCUT2D eigenvalue weighted by atomic mass is 35.6. The average molecular weight is 548 g/mol. The maximum Gasteiger partial charge on any atom is 0.305 e. The first-order chi connectivity index (χ1) is 16.7. The van der Waals surface area contributed by atoms with Gasteiger partial charge in [-0.15, -0.1) is 0 Å². The number of Topliss-reactive ketones (excluding diaryl/α,β-unsaturated/α-hetero) is 1. The molecule has 0 aliphatic carbocycles. The highest BCUT2D eigenvalue weighted by molar-refractivity contribution is 6.67. The van der Waals surface area contributed by atoms with Gasteiger partial charge in [-0.05, 0) is 31.2 Å². The predicted octanol–water partition coefficient (Wildman–Crippen LogP) is 8.09. The molecule has 1 N–H and O–H groups in total. The number of alkyl halides is 3. The third-order valence-corrected chi connectivity index (χ3v) is 6.27. The molecule has 1 aromatic carbocycles. The van der Waals surface area contributed by atoms with Crippen LogP contribution in [0.15, 0.2) is 42.5 Å². The van der Waals surface area contributed by atoms with Crippen molar-refractivity contribution in [3.05, 3.63) is 48.0 Å². The lowest BCUT2D eigenvalue weighted by atomic mass is 9.85. The van der Waals surface area contributed by atoms with E-state index in [2.05, 4.69) is 13.0 Å². The van der Waals surface area contributed by atoms with Gasteiger partial charge in [0.15, 0.2) is 5.78 Å². The Hall–Kier alpha value is -1.07. The molecule has 0 aliphatic rings. The maximum atomic E-state index is 13.0. The minimum Gasteiger partial charge on any atom is -0.461 e. The number of halogens is 3. The lowest BCUT2D eigenvalue weighted by Crippen LogP contribution is -2.39. The van der Waals surface area contributed by atoms with Crippen LogP contribution in [0.2, 0.25) is 0 Å². The number of carbonyl (C=O) groups excluding carboxylic acids is 2. The second kappa shape index (κ2) is 18.2. The molecule has 198 valence electrons. The minimum atomic E-state index is -1.57. The van der Waals surface area contributed by atoms with E-state index in [1.165, 1.54) is 0 Å². The summed E-state index contributed by atoms with van der Waals surface area (Å²) in [5.41, 5.74) is -0.364. The molecule has 1 atom stereocenters. The van der Waals surface area contributed by atoms with Gasteiger partial charge in [0.2, 0.25) is 3.79 Å². The summed E-state index contributed by atoms with van der Waals surface area (Å²) < 4.78 is 3.34. The van der Waals surface area contributed by atoms with Gasteiger partial charge >= 0.3 is 5.97 Å². The van der Waals surface area contributed by atoms with E-state index in [1.54, 1.807) is 0 Å². The first kappa shape index (κ1) is 32.0. The van der Waals surface area contributed by atoms with Gasteiger partial charge in [-0.3, -0.25) is 9.59 Å². The molecule has 0 heterocycles. The number of hydrogen-bond acceptors (Lipinski definition) is 4. The zero-order valence-electron chi connectivity index (χ0n) is 21.0. The average Bonchev–Trinajstić information content (AvgIpc) is 2.82. The number of hydrogen-bond donors (Lipinski definition) is 1. The molecule has 0 amide bonds. The number of aliphatic hydroxyl groups is 1. The second-order valence-corrected chi connectivity index (χ2v) is 11.7. The monoisotopic (exact) mass is 546 g/mol. The Labute approximate surface area is 226 Å². The molecule has 0 bridgehead atoms. The fraction of sp³-hybridized carbons (Fsp3) is 0.643. The van der Waals surface area contributed by atoms with E-state index in [4.69, 9.17) is 39.5 Å². The topological polar surface area (TPSA) is 63.6 Å². The molecule has 0 radical (unpaired) electrons. The number of ketones is 1. The van der Waals surface area contributed by atoms with Crippen LogP contribution in [-0.2, 0) is 20.7 Å². The molecule has 0 spiro atoms. The van der Waals surface area contributed by atoms with Crippen molar-refractivity contribution in [2.24, 2.45) is 0 Å². The quantitative estimate of drug-likeness (QED) is 0.0822. The summed E-state index contributed by atoms with van der Waals surface area (Å²) in [5.74, 6) is -0.444. The van der Waals surface area contributed by atoms with Crippen molar-refractivity contribution in [3.63, 3.8) is 0 Å². The van der Waals surface area contributed by atoms with Crippen molar-refractivity contribution >= 4 is 46.6 Å². The summed E-state index contributed by atoms with van der Waals surface area (Å²) in [6, 6.07) is 9.62.